The minimum absolute atomic E-state index is 0.550. The van der Waals surface area contributed by atoms with Crippen LogP contribution in [0.1, 0.15) is 20.3 Å². The molecule has 0 saturated carbocycles. The SMILES string of the molecule is CC[CH](C)[Zr]=[O]. The van der Waals surface area contributed by atoms with Crippen molar-refractivity contribution in [2.75, 3.05) is 0 Å². The third-order valence-electron chi connectivity index (χ3n) is 0.814. The van der Waals surface area contributed by atoms with E-state index in [9.17, 15) is 2.81 Å². The number of hydrogen-bond donors (Lipinski definition) is 0. The summed E-state index contributed by atoms with van der Waals surface area (Å²) < 4.78 is 10.6. The van der Waals surface area contributed by atoms with Gasteiger partial charge in [0.05, 0.1) is 0 Å². The second kappa shape index (κ2) is 3.86. The van der Waals surface area contributed by atoms with Crippen molar-refractivity contribution in [3.63, 3.8) is 0 Å². The van der Waals surface area contributed by atoms with Gasteiger partial charge in [-0.25, -0.2) is 0 Å². The zero-order valence-electron chi connectivity index (χ0n) is 4.19. The molecule has 0 N–H and O–H groups in total. The fourth-order valence-electron chi connectivity index (χ4n) is 0.0833. The van der Waals surface area contributed by atoms with E-state index in [1.807, 2.05) is 6.92 Å². The van der Waals surface area contributed by atoms with Gasteiger partial charge in [0.15, 0.2) is 0 Å². The zero-order valence-corrected chi connectivity index (χ0v) is 6.65. The quantitative estimate of drug-likeness (QED) is 0.606. The van der Waals surface area contributed by atoms with Gasteiger partial charge in [-0.05, 0) is 0 Å². The Morgan fingerprint density at radius 2 is 2.33 bits per heavy atom. The first-order chi connectivity index (χ1) is 2.81. The maximum atomic E-state index is 10.0. The molecule has 0 aromatic rings. The molecule has 0 amide bonds. The van der Waals surface area contributed by atoms with Crippen molar-refractivity contribution < 1.29 is 26.1 Å². The topological polar surface area (TPSA) is 17.1 Å². The van der Waals surface area contributed by atoms with Crippen molar-refractivity contribution in [1.29, 1.82) is 0 Å². The summed E-state index contributed by atoms with van der Waals surface area (Å²) >= 11 is -1.13. The van der Waals surface area contributed by atoms with Gasteiger partial charge in [-0.2, -0.15) is 0 Å². The molecule has 0 aromatic carbocycles. The van der Waals surface area contributed by atoms with Crippen molar-refractivity contribution in [3.05, 3.63) is 0 Å². The fraction of sp³-hybridized carbons (Fsp3) is 1.00. The second-order valence-electron chi connectivity index (χ2n) is 1.43. The Morgan fingerprint density at radius 3 is 2.33 bits per heavy atom. The van der Waals surface area contributed by atoms with E-state index >= 15 is 0 Å². The summed E-state index contributed by atoms with van der Waals surface area (Å²) in [5.41, 5.74) is 0. The molecule has 0 radical (unpaired) electrons. The second-order valence-corrected chi connectivity index (χ2v) is 4.43. The molecule has 0 heterocycles. The molecule has 6 heavy (non-hydrogen) atoms. The number of hydrogen-bond acceptors (Lipinski definition) is 1. The standard InChI is InChI=1S/C4H9.O.Zr/c1-3-4-2;;/h3H,4H2,1-2H3;;. The zero-order chi connectivity index (χ0) is 4.99. The normalized spacial score (nSPS) is 13.0. The summed E-state index contributed by atoms with van der Waals surface area (Å²) in [5, 5.41) is 0. The van der Waals surface area contributed by atoms with Crippen LogP contribution in [0.5, 0.6) is 0 Å². The fourth-order valence-corrected chi connectivity index (χ4v) is 0.493. The molecule has 0 aliphatic carbocycles. The summed E-state index contributed by atoms with van der Waals surface area (Å²) in [7, 11) is 0. The molecule has 35 valence electrons. The molecule has 0 aromatic heterocycles. The predicted molar refractivity (Wildman–Crippen MR) is 20.4 cm³/mol. The van der Waals surface area contributed by atoms with E-state index in [1.54, 1.807) is 0 Å². The first kappa shape index (κ1) is 6.68. The van der Waals surface area contributed by atoms with Crippen molar-refractivity contribution in [2.24, 2.45) is 0 Å². The molecule has 0 fully saturated rings. The Balaban J connectivity index is 2.96. The molecule has 0 aliphatic heterocycles. The minimum atomic E-state index is -1.13. The van der Waals surface area contributed by atoms with E-state index in [2.05, 4.69) is 6.92 Å². The van der Waals surface area contributed by atoms with E-state index in [1.165, 1.54) is 0 Å². The van der Waals surface area contributed by atoms with Crippen LogP contribution in [0.4, 0.5) is 0 Å². The average molecular weight is 164 g/mol. The van der Waals surface area contributed by atoms with Gasteiger partial charge in [-0.15, -0.1) is 0 Å². The first-order valence-electron chi connectivity index (χ1n) is 2.19. The van der Waals surface area contributed by atoms with Crippen LogP contribution in [0.25, 0.3) is 0 Å². The molecule has 1 unspecified atom stereocenters. The van der Waals surface area contributed by atoms with Crippen LogP contribution in [-0.4, -0.2) is 0 Å². The van der Waals surface area contributed by atoms with Crippen LogP contribution < -0.4 is 0 Å². The molecule has 0 saturated heterocycles. The van der Waals surface area contributed by atoms with Gasteiger partial charge in [0, 0.05) is 0 Å². The average Bonchev–Trinajstić information content (AvgIpc) is 1.65. The van der Waals surface area contributed by atoms with Gasteiger partial charge in [0.1, 0.15) is 0 Å². The summed E-state index contributed by atoms with van der Waals surface area (Å²) in [5.74, 6) is 0. The van der Waals surface area contributed by atoms with E-state index in [4.69, 9.17) is 0 Å². The molecular weight excluding hydrogens is 155 g/mol. The predicted octanol–water partition coefficient (Wildman–Crippen LogP) is 1.63. The van der Waals surface area contributed by atoms with Gasteiger partial charge >= 0.3 is 49.9 Å². The molecular formula is C4H9OZr. The summed E-state index contributed by atoms with van der Waals surface area (Å²) in [6.07, 6.45) is 1.09. The van der Waals surface area contributed by atoms with Crippen molar-refractivity contribution in [1.82, 2.24) is 0 Å². The molecule has 0 aliphatic rings. The van der Waals surface area contributed by atoms with Gasteiger partial charge in [-0.1, -0.05) is 0 Å². The van der Waals surface area contributed by atoms with Crippen molar-refractivity contribution in [3.8, 4) is 0 Å². The van der Waals surface area contributed by atoms with E-state index in [0.29, 0.717) is 3.63 Å². The molecule has 0 bridgehead atoms. The van der Waals surface area contributed by atoms with Gasteiger partial charge in [-0.3, -0.25) is 0 Å². The molecule has 0 spiro atoms. The molecule has 1 atom stereocenters. The molecule has 1 nitrogen and oxygen atoms in total. The van der Waals surface area contributed by atoms with Gasteiger partial charge in [0.2, 0.25) is 0 Å². The van der Waals surface area contributed by atoms with Crippen molar-refractivity contribution in [2.45, 2.75) is 23.9 Å². The van der Waals surface area contributed by atoms with Crippen molar-refractivity contribution >= 4 is 0 Å². The first-order valence-corrected chi connectivity index (χ1v) is 4.61. The van der Waals surface area contributed by atoms with Gasteiger partial charge in [0.25, 0.3) is 0 Å². The Hall–Kier alpha value is 0.683. The Morgan fingerprint density at radius 1 is 1.83 bits per heavy atom. The Labute approximate surface area is 50.1 Å². The van der Waals surface area contributed by atoms with Crippen LogP contribution in [0.2, 0.25) is 3.63 Å². The van der Waals surface area contributed by atoms with Crippen LogP contribution in [0, 0.1) is 0 Å². The molecule has 0 rings (SSSR count). The summed E-state index contributed by atoms with van der Waals surface area (Å²) in [6, 6.07) is 0. The Bertz CT molecular complexity index is 44.8. The third kappa shape index (κ3) is 2.90. The van der Waals surface area contributed by atoms with Crippen LogP contribution in [-0.2, 0) is 26.1 Å². The molecule has 2 heteroatoms. The van der Waals surface area contributed by atoms with Crippen LogP contribution in [0.3, 0.4) is 0 Å². The monoisotopic (exact) mass is 163 g/mol. The van der Waals surface area contributed by atoms with Crippen LogP contribution >= 0.6 is 0 Å². The third-order valence-corrected chi connectivity index (χ3v) is 2.81. The van der Waals surface area contributed by atoms with E-state index in [0.717, 1.165) is 6.42 Å². The summed E-state index contributed by atoms with van der Waals surface area (Å²) in [6.45, 7) is 4.11. The Kier molecular flexibility index (Phi) is 4.30. The van der Waals surface area contributed by atoms with Gasteiger partial charge < -0.3 is 0 Å². The van der Waals surface area contributed by atoms with E-state index < -0.39 is 23.2 Å². The van der Waals surface area contributed by atoms with Crippen LogP contribution in [0.15, 0.2) is 0 Å². The number of rotatable bonds is 2. The van der Waals surface area contributed by atoms with E-state index in [-0.39, 0.29) is 0 Å². The maximum absolute atomic E-state index is 10.0. The summed E-state index contributed by atoms with van der Waals surface area (Å²) in [4.78, 5) is 0.